The summed E-state index contributed by atoms with van der Waals surface area (Å²) >= 11 is 4.30. The summed E-state index contributed by atoms with van der Waals surface area (Å²) in [6, 6.07) is 0. The Hall–Kier alpha value is 1.42. The van der Waals surface area contributed by atoms with E-state index in [9.17, 15) is 0 Å². The minimum atomic E-state index is 0.840. The van der Waals surface area contributed by atoms with Crippen molar-refractivity contribution in [2.45, 2.75) is 9.26 Å². The zero-order valence-corrected chi connectivity index (χ0v) is 9.75. The monoisotopic (exact) mass is 309 g/mol. The van der Waals surface area contributed by atoms with Crippen molar-refractivity contribution in [2.75, 3.05) is 0 Å². The Morgan fingerprint density at radius 3 is 2.00 bits per heavy atom. The van der Waals surface area contributed by atoms with E-state index in [0.717, 1.165) is 28.5 Å². The van der Waals surface area contributed by atoms with Crippen LogP contribution in [-0.4, -0.2) is 2.34 Å². The van der Waals surface area contributed by atoms with Gasteiger partial charge in [-0.05, 0) is 0 Å². The van der Waals surface area contributed by atoms with Crippen molar-refractivity contribution in [3.63, 3.8) is 0 Å². The van der Waals surface area contributed by atoms with Crippen LogP contribution in [-0.2, 0) is 26.1 Å². The second-order valence-electron chi connectivity index (χ2n) is 0.781. The van der Waals surface area contributed by atoms with Crippen LogP contribution in [0.15, 0.2) is 0 Å². The third-order valence-corrected chi connectivity index (χ3v) is 0. The van der Waals surface area contributed by atoms with Crippen LogP contribution in [0, 0.1) is 0 Å². The number of halogens is 1. The van der Waals surface area contributed by atoms with Crippen molar-refractivity contribution >= 4 is 15.9 Å². The second kappa shape index (κ2) is 2.64. The maximum atomic E-state index is 3.36. The fraction of sp³-hybridized carbons (Fsp3) is 1.00. The van der Waals surface area contributed by atoms with Gasteiger partial charge in [0.25, 0.3) is 0 Å². The molecule has 0 N–H and O–H groups in total. The van der Waals surface area contributed by atoms with Crippen LogP contribution < -0.4 is 0 Å². The fourth-order valence-corrected chi connectivity index (χ4v) is 0. The summed E-state index contributed by atoms with van der Waals surface area (Å²) in [6.07, 6.45) is 0. The molecule has 0 amide bonds. The van der Waals surface area contributed by atoms with Gasteiger partial charge in [0, 0.05) is 0 Å². The standard InChI is InChI=1S/C2H4Br.Hg/c1-2-3;/h2H,1H3;. The van der Waals surface area contributed by atoms with Gasteiger partial charge >= 0.3 is 51.3 Å². The van der Waals surface area contributed by atoms with Crippen LogP contribution in [0.3, 0.4) is 0 Å². The van der Waals surface area contributed by atoms with Crippen molar-refractivity contribution in [3.8, 4) is 0 Å². The molecule has 1 unspecified atom stereocenters. The topological polar surface area (TPSA) is 0 Å². The quantitative estimate of drug-likeness (QED) is 0.467. The Balaban J connectivity index is 2.32. The normalized spacial score (nSPS) is 16.0. The Morgan fingerprint density at radius 1 is 2.00 bits per heavy atom. The molecule has 0 aromatic heterocycles. The molecule has 21 valence electrons. The molecule has 0 aliphatic carbocycles. The first kappa shape index (κ1) is 5.42. The first-order valence-corrected chi connectivity index (χ1v) is 5.29. The van der Waals surface area contributed by atoms with Crippen LogP contribution in [0.1, 0.15) is 6.92 Å². The van der Waals surface area contributed by atoms with E-state index in [1.54, 1.807) is 0 Å². The van der Waals surface area contributed by atoms with E-state index in [4.69, 9.17) is 0 Å². The number of rotatable bonds is 0. The van der Waals surface area contributed by atoms with E-state index in [1.165, 1.54) is 0 Å². The average molecular weight is 309 g/mol. The SMILES string of the molecule is C[CH](Br)[Hg]. The molecule has 0 saturated carbocycles. The summed E-state index contributed by atoms with van der Waals surface area (Å²) < 4.78 is 0.840. The van der Waals surface area contributed by atoms with E-state index in [0.29, 0.717) is 0 Å². The molecule has 0 spiro atoms. The molecule has 4 heavy (non-hydrogen) atoms. The van der Waals surface area contributed by atoms with Gasteiger partial charge in [-0.15, -0.1) is 0 Å². The molecular formula is C2H4BrHg. The molecule has 1 atom stereocenters. The van der Waals surface area contributed by atoms with Crippen molar-refractivity contribution in [1.29, 1.82) is 0 Å². The van der Waals surface area contributed by atoms with Gasteiger partial charge in [-0.2, -0.15) is 0 Å². The fourth-order valence-electron chi connectivity index (χ4n) is 0. The van der Waals surface area contributed by atoms with Crippen LogP contribution >= 0.6 is 15.9 Å². The van der Waals surface area contributed by atoms with Gasteiger partial charge in [0.05, 0.1) is 0 Å². The van der Waals surface area contributed by atoms with Gasteiger partial charge in [0.15, 0.2) is 0 Å². The second-order valence-corrected chi connectivity index (χ2v) is 11.8. The average Bonchev–Trinajstić information content (AvgIpc) is 0.811. The molecule has 0 aliphatic heterocycles. The van der Waals surface area contributed by atoms with Gasteiger partial charge in [0.2, 0.25) is 0 Å². The molecule has 0 aromatic rings. The van der Waals surface area contributed by atoms with E-state index in [1.807, 2.05) is 0 Å². The van der Waals surface area contributed by atoms with Crippen LogP contribution in [0.4, 0.5) is 0 Å². The molecule has 0 rings (SSSR count). The number of alkyl halides is 1. The van der Waals surface area contributed by atoms with Crippen molar-refractivity contribution in [3.05, 3.63) is 0 Å². The predicted molar refractivity (Wildman–Crippen MR) is 18.4 cm³/mol. The van der Waals surface area contributed by atoms with Gasteiger partial charge in [-0.25, -0.2) is 0 Å². The molecule has 0 nitrogen and oxygen atoms in total. The molecular weight excluding hydrogens is 305 g/mol. The summed E-state index contributed by atoms with van der Waals surface area (Å²) in [4.78, 5) is 0. The predicted octanol–water partition coefficient (Wildman–Crippen LogP) is 1.27. The molecule has 0 aromatic carbocycles. The van der Waals surface area contributed by atoms with Gasteiger partial charge in [-0.3, -0.25) is 0 Å². The molecule has 0 bridgehead atoms. The summed E-state index contributed by atoms with van der Waals surface area (Å²) in [6.45, 7) is 2.17. The molecule has 0 fully saturated rings. The zero-order valence-electron chi connectivity index (χ0n) is 2.66. The summed E-state index contributed by atoms with van der Waals surface area (Å²) in [7, 11) is 0. The first-order valence-electron chi connectivity index (χ1n) is 1.20. The number of hydrogen-bond acceptors (Lipinski definition) is 0. The van der Waals surface area contributed by atoms with Gasteiger partial charge in [-0.1, -0.05) is 0 Å². The Kier molecular flexibility index (Phi) is 3.58. The Labute approximate surface area is 51.1 Å². The van der Waals surface area contributed by atoms with Crippen molar-refractivity contribution < 1.29 is 26.1 Å². The molecule has 0 saturated heterocycles. The van der Waals surface area contributed by atoms with E-state index < -0.39 is 0 Å². The van der Waals surface area contributed by atoms with Crippen LogP contribution in [0.2, 0.25) is 0 Å². The zero-order chi connectivity index (χ0) is 3.58. The first-order chi connectivity index (χ1) is 1.73. The van der Waals surface area contributed by atoms with Crippen LogP contribution in [0.5, 0.6) is 0 Å². The number of hydrogen-bond donors (Lipinski definition) is 0. The molecule has 0 radical (unpaired) electrons. The molecule has 0 heterocycles. The third-order valence-electron chi connectivity index (χ3n) is 0. The maximum absolute atomic E-state index is 3.36. The minimum absolute atomic E-state index is 0.840. The van der Waals surface area contributed by atoms with Gasteiger partial charge in [0.1, 0.15) is 0 Å². The summed E-state index contributed by atoms with van der Waals surface area (Å²) in [5.41, 5.74) is 0. The molecule has 2 heteroatoms. The summed E-state index contributed by atoms with van der Waals surface area (Å²) in [5.74, 6) is 0. The van der Waals surface area contributed by atoms with Crippen LogP contribution in [0.25, 0.3) is 0 Å². The van der Waals surface area contributed by atoms with E-state index in [-0.39, 0.29) is 0 Å². The summed E-state index contributed by atoms with van der Waals surface area (Å²) in [5, 5.41) is 0. The third kappa shape index (κ3) is 9.95. The van der Waals surface area contributed by atoms with Crippen molar-refractivity contribution in [2.24, 2.45) is 0 Å². The Bertz CT molecular complexity index is 10.8. The van der Waals surface area contributed by atoms with Gasteiger partial charge < -0.3 is 0 Å². The van der Waals surface area contributed by atoms with E-state index >= 15 is 0 Å². The van der Waals surface area contributed by atoms with Crippen molar-refractivity contribution in [1.82, 2.24) is 0 Å². The Morgan fingerprint density at radius 2 is 2.00 bits per heavy atom. The molecule has 0 aliphatic rings. The van der Waals surface area contributed by atoms with E-state index in [2.05, 4.69) is 22.9 Å².